The molecule has 5 nitrogen and oxygen atoms in total. The number of hydrogen-bond donors (Lipinski definition) is 1. The molecule has 1 aromatic carbocycles. The molecular formula is C15H20ClN5. The summed E-state index contributed by atoms with van der Waals surface area (Å²) >= 11 is 6.46. The first-order chi connectivity index (χ1) is 10.2. The van der Waals surface area contributed by atoms with Crippen LogP contribution in [0.25, 0.3) is 0 Å². The van der Waals surface area contributed by atoms with E-state index in [1.165, 1.54) is 0 Å². The van der Waals surface area contributed by atoms with Crippen LogP contribution in [0.4, 0.5) is 5.69 Å². The first kappa shape index (κ1) is 14.4. The molecular weight excluding hydrogens is 286 g/mol. The zero-order valence-electron chi connectivity index (χ0n) is 12.4. The van der Waals surface area contributed by atoms with Crippen molar-refractivity contribution in [2.75, 3.05) is 18.0 Å². The second kappa shape index (κ2) is 6.03. The van der Waals surface area contributed by atoms with Gasteiger partial charge in [-0.25, -0.2) is 0 Å². The number of benzene rings is 1. The van der Waals surface area contributed by atoms with Crippen LogP contribution >= 0.6 is 11.6 Å². The van der Waals surface area contributed by atoms with E-state index >= 15 is 0 Å². The van der Waals surface area contributed by atoms with Crippen LogP contribution in [0, 0.1) is 0 Å². The van der Waals surface area contributed by atoms with Crippen molar-refractivity contribution in [1.29, 1.82) is 0 Å². The monoisotopic (exact) mass is 305 g/mol. The number of hydrogen-bond acceptors (Lipinski definition) is 4. The molecule has 21 heavy (non-hydrogen) atoms. The number of rotatable bonds is 4. The smallest absolute Gasteiger partial charge is 0.152 e. The highest BCUT2D eigenvalue weighted by Crippen LogP contribution is 2.29. The van der Waals surface area contributed by atoms with Crippen LogP contribution in [-0.4, -0.2) is 27.9 Å². The second-order valence-electron chi connectivity index (χ2n) is 5.35. The predicted octanol–water partition coefficient (Wildman–Crippen LogP) is 2.62. The largest absolute Gasteiger partial charge is 0.362 e. The molecule has 112 valence electrons. The van der Waals surface area contributed by atoms with Crippen LogP contribution in [0.1, 0.15) is 31.3 Å². The van der Waals surface area contributed by atoms with E-state index in [4.69, 9.17) is 11.6 Å². The third-order valence-corrected chi connectivity index (χ3v) is 4.29. The molecule has 0 aliphatic carbocycles. The Hall–Kier alpha value is -1.59. The van der Waals surface area contributed by atoms with E-state index in [1.807, 2.05) is 0 Å². The van der Waals surface area contributed by atoms with Gasteiger partial charge in [-0.15, -0.1) is 10.2 Å². The standard InChI is InChI=1S/C15H20ClN5/c1-3-17-11(2)13-5-4-12(8-14(13)16)20-6-7-21-10-18-19-15(21)9-20/h4-5,8,10-11,17H,3,6-7,9H2,1-2H3. The van der Waals surface area contributed by atoms with E-state index in [-0.39, 0.29) is 6.04 Å². The average Bonchev–Trinajstić information content (AvgIpc) is 2.94. The third-order valence-electron chi connectivity index (χ3n) is 3.96. The fraction of sp³-hybridized carbons (Fsp3) is 0.467. The summed E-state index contributed by atoms with van der Waals surface area (Å²) in [7, 11) is 0. The normalized spacial score (nSPS) is 15.9. The minimum absolute atomic E-state index is 0.265. The average molecular weight is 306 g/mol. The summed E-state index contributed by atoms with van der Waals surface area (Å²) in [4.78, 5) is 2.29. The first-order valence-electron chi connectivity index (χ1n) is 7.33. The number of halogens is 1. The highest BCUT2D eigenvalue weighted by atomic mass is 35.5. The number of nitrogens with zero attached hydrogens (tertiary/aromatic N) is 4. The zero-order valence-corrected chi connectivity index (χ0v) is 13.1. The Bertz CT molecular complexity index is 624. The van der Waals surface area contributed by atoms with Gasteiger partial charge in [-0.1, -0.05) is 24.6 Å². The van der Waals surface area contributed by atoms with Crippen molar-refractivity contribution in [2.24, 2.45) is 0 Å². The van der Waals surface area contributed by atoms with E-state index < -0.39 is 0 Å². The summed E-state index contributed by atoms with van der Waals surface area (Å²) in [6.07, 6.45) is 1.79. The first-order valence-corrected chi connectivity index (χ1v) is 7.71. The molecule has 0 bridgehead atoms. The van der Waals surface area contributed by atoms with Gasteiger partial charge in [0.15, 0.2) is 5.82 Å². The highest BCUT2D eigenvalue weighted by Gasteiger charge is 2.19. The van der Waals surface area contributed by atoms with Crippen molar-refractivity contribution in [3.8, 4) is 0 Å². The van der Waals surface area contributed by atoms with Crippen molar-refractivity contribution >= 4 is 17.3 Å². The Kier molecular flexibility index (Phi) is 4.12. The molecule has 1 unspecified atom stereocenters. The fourth-order valence-electron chi connectivity index (χ4n) is 2.77. The van der Waals surface area contributed by atoms with Crippen LogP contribution in [0.3, 0.4) is 0 Å². The number of aromatic nitrogens is 3. The van der Waals surface area contributed by atoms with E-state index in [9.17, 15) is 0 Å². The fourth-order valence-corrected chi connectivity index (χ4v) is 3.11. The van der Waals surface area contributed by atoms with Crippen molar-refractivity contribution in [2.45, 2.75) is 33.0 Å². The molecule has 1 aromatic heterocycles. The molecule has 3 rings (SSSR count). The maximum atomic E-state index is 6.46. The van der Waals surface area contributed by atoms with Crippen LogP contribution in [0.5, 0.6) is 0 Å². The maximum absolute atomic E-state index is 6.46. The van der Waals surface area contributed by atoms with Crippen molar-refractivity contribution in [3.05, 3.63) is 40.9 Å². The molecule has 0 radical (unpaired) electrons. The Morgan fingerprint density at radius 2 is 2.24 bits per heavy atom. The lowest BCUT2D eigenvalue weighted by Gasteiger charge is -2.29. The Labute approximate surface area is 129 Å². The van der Waals surface area contributed by atoms with E-state index in [1.54, 1.807) is 6.33 Å². The molecule has 0 saturated heterocycles. The van der Waals surface area contributed by atoms with Crippen molar-refractivity contribution < 1.29 is 0 Å². The van der Waals surface area contributed by atoms with Crippen LogP contribution in [0.15, 0.2) is 24.5 Å². The van der Waals surface area contributed by atoms with Gasteiger partial charge in [0.1, 0.15) is 6.33 Å². The number of nitrogens with one attached hydrogen (secondary N) is 1. The van der Waals surface area contributed by atoms with E-state index in [2.05, 4.69) is 57.0 Å². The molecule has 1 aliphatic heterocycles. The van der Waals surface area contributed by atoms with Crippen molar-refractivity contribution in [3.63, 3.8) is 0 Å². The van der Waals surface area contributed by atoms with Gasteiger partial charge < -0.3 is 14.8 Å². The molecule has 2 heterocycles. The van der Waals surface area contributed by atoms with Crippen LogP contribution in [0.2, 0.25) is 5.02 Å². The van der Waals surface area contributed by atoms with Gasteiger partial charge in [-0.05, 0) is 31.2 Å². The van der Waals surface area contributed by atoms with E-state index in [0.717, 1.165) is 48.3 Å². The molecule has 0 amide bonds. The predicted molar refractivity (Wildman–Crippen MR) is 84.6 cm³/mol. The van der Waals surface area contributed by atoms with Gasteiger partial charge >= 0.3 is 0 Å². The zero-order chi connectivity index (χ0) is 14.8. The summed E-state index contributed by atoms with van der Waals surface area (Å²) in [6, 6.07) is 6.57. The molecule has 1 N–H and O–H groups in total. The lowest BCUT2D eigenvalue weighted by molar-refractivity contribution is 0.559. The minimum atomic E-state index is 0.265. The van der Waals surface area contributed by atoms with Crippen LogP contribution < -0.4 is 10.2 Å². The highest BCUT2D eigenvalue weighted by molar-refractivity contribution is 6.31. The maximum Gasteiger partial charge on any atom is 0.152 e. The topological polar surface area (TPSA) is 46.0 Å². The summed E-state index contributed by atoms with van der Waals surface area (Å²) in [5.41, 5.74) is 2.28. The lowest BCUT2D eigenvalue weighted by Crippen LogP contribution is -2.33. The molecule has 6 heteroatoms. The lowest BCUT2D eigenvalue weighted by atomic mass is 10.1. The van der Waals surface area contributed by atoms with Gasteiger partial charge in [0.2, 0.25) is 0 Å². The number of anilines is 1. The molecule has 1 atom stereocenters. The SMILES string of the molecule is CCNC(C)c1ccc(N2CCn3cnnc3C2)cc1Cl. The van der Waals surface area contributed by atoms with E-state index in [0.29, 0.717) is 0 Å². The summed E-state index contributed by atoms with van der Waals surface area (Å²) in [6.45, 7) is 7.80. The third kappa shape index (κ3) is 2.89. The van der Waals surface area contributed by atoms with Gasteiger partial charge in [-0.3, -0.25) is 0 Å². The molecule has 0 fully saturated rings. The van der Waals surface area contributed by atoms with Gasteiger partial charge in [0, 0.05) is 29.8 Å². The number of fused-ring (bicyclic) bond motifs is 1. The van der Waals surface area contributed by atoms with Crippen LogP contribution in [-0.2, 0) is 13.1 Å². The minimum Gasteiger partial charge on any atom is -0.362 e. The molecule has 0 saturated carbocycles. The Morgan fingerprint density at radius 1 is 1.38 bits per heavy atom. The Balaban J connectivity index is 1.80. The summed E-state index contributed by atoms with van der Waals surface area (Å²) in [5.74, 6) is 1.00. The second-order valence-corrected chi connectivity index (χ2v) is 5.75. The molecule has 0 spiro atoms. The van der Waals surface area contributed by atoms with Gasteiger partial charge in [0.25, 0.3) is 0 Å². The molecule has 1 aliphatic rings. The van der Waals surface area contributed by atoms with Gasteiger partial charge in [0.05, 0.1) is 6.54 Å². The Morgan fingerprint density at radius 3 is 3.00 bits per heavy atom. The molecule has 2 aromatic rings. The summed E-state index contributed by atoms with van der Waals surface area (Å²) in [5, 5.41) is 12.3. The van der Waals surface area contributed by atoms with Crippen molar-refractivity contribution in [1.82, 2.24) is 20.1 Å². The van der Waals surface area contributed by atoms with Gasteiger partial charge in [-0.2, -0.15) is 0 Å². The quantitative estimate of drug-likeness (QED) is 0.943. The summed E-state index contributed by atoms with van der Waals surface area (Å²) < 4.78 is 2.10.